The second-order valence-electron chi connectivity index (χ2n) is 6.05. The van der Waals surface area contributed by atoms with Gasteiger partial charge in [0.05, 0.1) is 10.1 Å². The summed E-state index contributed by atoms with van der Waals surface area (Å²) in [6.45, 7) is 1.93. The van der Waals surface area contributed by atoms with Gasteiger partial charge in [-0.05, 0) is 29.3 Å². The molecule has 0 aliphatic carbocycles. The Hall–Kier alpha value is -1.72. The second kappa shape index (κ2) is 4.89. The van der Waals surface area contributed by atoms with Gasteiger partial charge in [-0.25, -0.2) is 12.8 Å². The van der Waals surface area contributed by atoms with Crippen molar-refractivity contribution in [1.82, 2.24) is 4.90 Å². The van der Waals surface area contributed by atoms with Crippen molar-refractivity contribution >= 4 is 9.84 Å². The first-order valence-corrected chi connectivity index (χ1v) is 8.90. The molecule has 0 saturated carbocycles. The van der Waals surface area contributed by atoms with Crippen molar-refractivity contribution in [2.75, 3.05) is 13.1 Å². The molecule has 2 aliphatic rings. The normalized spacial score (nSPS) is 25.9. The third-order valence-electron chi connectivity index (χ3n) is 4.68. The molecule has 2 atom stereocenters. The predicted octanol–water partition coefficient (Wildman–Crippen LogP) is 2.58. The maximum absolute atomic E-state index is 13.0. The van der Waals surface area contributed by atoms with E-state index in [4.69, 9.17) is 0 Å². The van der Waals surface area contributed by atoms with Crippen LogP contribution >= 0.6 is 0 Å². The second-order valence-corrected chi connectivity index (χ2v) is 8.18. The molecule has 2 aliphatic heterocycles. The SMILES string of the molecule is O=S1(=O)c2ccccc2[C@H]2CN(Cc3ccc(F)cc3)C[C@@H]21. The molecule has 0 aromatic heterocycles. The van der Waals surface area contributed by atoms with Crippen molar-refractivity contribution in [2.24, 2.45) is 0 Å². The highest BCUT2D eigenvalue weighted by Gasteiger charge is 2.49. The number of rotatable bonds is 2. The van der Waals surface area contributed by atoms with Gasteiger partial charge in [-0.1, -0.05) is 30.3 Å². The fourth-order valence-corrected chi connectivity index (χ4v) is 5.87. The van der Waals surface area contributed by atoms with Crippen LogP contribution in [0.1, 0.15) is 17.0 Å². The molecule has 0 bridgehead atoms. The number of sulfone groups is 1. The van der Waals surface area contributed by atoms with Crippen LogP contribution in [0.5, 0.6) is 0 Å². The summed E-state index contributed by atoms with van der Waals surface area (Å²) in [6, 6.07) is 13.7. The molecule has 0 N–H and O–H groups in total. The van der Waals surface area contributed by atoms with Gasteiger partial charge in [-0.3, -0.25) is 4.90 Å². The average molecular weight is 317 g/mol. The molecule has 2 heterocycles. The van der Waals surface area contributed by atoms with Crippen LogP contribution in [0.4, 0.5) is 4.39 Å². The van der Waals surface area contributed by atoms with E-state index >= 15 is 0 Å². The van der Waals surface area contributed by atoms with E-state index < -0.39 is 9.84 Å². The largest absolute Gasteiger partial charge is 0.297 e. The molecule has 3 nitrogen and oxygen atoms in total. The van der Waals surface area contributed by atoms with E-state index in [-0.39, 0.29) is 17.0 Å². The van der Waals surface area contributed by atoms with E-state index in [9.17, 15) is 12.8 Å². The Bertz CT molecular complexity index is 817. The minimum Gasteiger partial charge on any atom is -0.297 e. The highest BCUT2D eigenvalue weighted by atomic mass is 32.2. The van der Waals surface area contributed by atoms with Crippen LogP contribution in [0, 0.1) is 5.82 Å². The molecule has 0 amide bonds. The lowest BCUT2D eigenvalue weighted by Gasteiger charge is -2.17. The third-order valence-corrected chi connectivity index (χ3v) is 6.94. The molecular weight excluding hydrogens is 301 g/mol. The van der Waals surface area contributed by atoms with E-state index in [1.165, 1.54) is 12.1 Å². The van der Waals surface area contributed by atoms with Crippen molar-refractivity contribution in [2.45, 2.75) is 22.6 Å². The molecule has 5 heteroatoms. The van der Waals surface area contributed by atoms with E-state index in [1.54, 1.807) is 24.3 Å². The van der Waals surface area contributed by atoms with E-state index in [0.29, 0.717) is 18.0 Å². The zero-order valence-corrected chi connectivity index (χ0v) is 12.8. The number of benzene rings is 2. The standard InChI is InChI=1S/C17H16FNO2S/c18-13-7-5-12(6-8-13)9-19-10-15-14-3-1-2-4-16(14)22(20,21)17(15)11-19/h1-8,15,17H,9-11H2/t15-,17+/m1/s1. The topological polar surface area (TPSA) is 37.4 Å². The molecule has 1 fully saturated rings. The monoisotopic (exact) mass is 317 g/mol. The number of hydrogen-bond donors (Lipinski definition) is 0. The first-order chi connectivity index (χ1) is 10.6. The van der Waals surface area contributed by atoms with Crippen LogP contribution in [0.3, 0.4) is 0 Å². The van der Waals surface area contributed by atoms with Gasteiger partial charge in [0.1, 0.15) is 5.82 Å². The summed E-state index contributed by atoms with van der Waals surface area (Å²) < 4.78 is 38.2. The fourth-order valence-electron chi connectivity index (χ4n) is 3.65. The summed E-state index contributed by atoms with van der Waals surface area (Å²) in [7, 11) is -3.22. The maximum atomic E-state index is 13.0. The average Bonchev–Trinajstić information content (AvgIpc) is 3.01. The lowest BCUT2D eigenvalue weighted by molar-refractivity contribution is 0.325. The van der Waals surface area contributed by atoms with Gasteiger partial charge < -0.3 is 0 Å². The summed E-state index contributed by atoms with van der Waals surface area (Å²) in [5.74, 6) is -0.194. The molecule has 0 spiro atoms. The number of likely N-dealkylation sites (tertiary alicyclic amines) is 1. The lowest BCUT2D eigenvalue weighted by Crippen LogP contribution is -2.25. The summed E-state index contributed by atoms with van der Waals surface area (Å²) in [6.07, 6.45) is 0. The Kier molecular flexibility index (Phi) is 3.09. The molecule has 0 radical (unpaired) electrons. The summed E-state index contributed by atoms with van der Waals surface area (Å²) in [4.78, 5) is 2.65. The van der Waals surface area contributed by atoms with Crippen LogP contribution in [0.25, 0.3) is 0 Å². The highest BCUT2D eigenvalue weighted by Crippen LogP contribution is 2.44. The first kappa shape index (κ1) is 13.9. The zero-order chi connectivity index (χ0) is 15.3. The molecule has 22 heavy (non-hydrogen) atoms. The molecule has 4 rings (SSSR count). The minimum absolute atomic E-state index is 0.0571. The van der Waals surface area contributed by atoms with Crippen molar-refractivity contribution in [3.8, 4) is 0 Å². The smallest absolute Gasteiger partial charge is 0.183 e. The molecule has 2 aromatic rings. The van der Waals surface area contributed by atoms with Gasteiger partial charge >= 0.3 is 0 Å². The number of hydrogen-bond acceptors (Lipinski definition) is 3. The van der Waals surface area contributed by atoms with Crippen molar-refractivity contribution in [3.63, 3.8) is 0 Å². The van der Waals surface area contributed by atoms with Gasteiger partial charge in [-0.15, -0.1) is 0 Å². The quantitative estimate of drug-likeness (QED) is 0.854. The van der Waals surface area contributed by atoms with Crippen molar-refractivity contribution in [1.29, 1.82) is 0 Å². The zero-order valence-electron chi connectivity index (χ0n) is 11.9. The summed E-state index contributed by atoms with van der Waals surface area (Å²) in [5.41, 5.74) is 1.96. The summed E-state index contributed by atoms with van der Waals surface area (Å²) >= 11 is 0. The van der Waals surface area contributed by atoms with Crippen LogP contribution in [-0.2, 0) is 16.4 Å². The van der Waals surface area contributed by atoms with Gasteiger partial charge in [0.15, 0.2) is 9.84 Å². The lowest BCUT2D eigenvalue weighted by atomic mass is 9.99. The molecular formula is C17H16FNO2S. The van der Waals surface area contributed by atoms with Crippen LogP contribution in [0.15, 0.2) is 53.4 Å². The van der Waals surface area contributed by atoms with Crippen molar-refractivity contribution < 1.29 is 12.8 Å². The molecule has 0 unspecified atom stereocenters. The molecule has 114 valence electrons. The van der Waals surface area contributed by atoms with E-state index in [0.717, 1.165) is 17.7 Å². The Balaban J connectivity index is 1.60. The third kappa shape index (κ3) is 2.08. The Morgan fingerprint density at radius 1 is 1.05 bits per heavy atom. The Morgan fingerprint density at radius 3 is 2.55 bits per heavy atom. The highest BCUT2D eigenvalue weighted by molar-refractivity contribution is 7.92. The summed E-state index contributed by atoms with van der Waals surface area (Å²) in [5, 5.41) is -0.342. The van der Waals surface area contributed by atoms with Gasteiger partial charge in [0.25, 0.3) is 0 Å². The fraction of sp³-hybridized carbons (Fsp3) is 0.294. The van der Waals surface area contributed by atoms with Crippen LogP contribution in [-0.4, -0.2) is 31.7 Å². The molecule has 2 aromatic carbocycles. The van der Waals surface area contributed by atoms with Gasteiger partial charge in [0.2, 0.25) is 0 Å². The Labute approximate surface area is 129 Å². The number of nitrogens with zero attached hydrogens (tertiary/aromatic N) is 1. The molecule has 1 saturated heterocycles. The van der Waals surface area contributed by atoms with Crippen LogP contribution < -0.4 is 0 Å². The number of fused-ring (bicyclic) bond motifs is 3. The minimum atomic E-state index is -3.22. The van der Waals surface area contributed by atoms with Crippen molar-refractivity contribution in [3.05, 3.63) is 65.5 Å². The first-order valence-electron chi connectivity index (χ1n) is 7.35. The van der Waals surface area contributed by atoms with Gasteiger partial charge in [-0.2, -0.15) is 0 Å². The Morgan fingerprint density at radius 2 is 1.77 bits per heavy atom. The van der Waals surface area contributed by atoms with Gasteiger partial charge in [0, 0.05) is 25.6 Å². The predicted molar refractivity (Wildman–Crippen MR) is 81.8 cm³/mol. The van der Waals surface area contributed by atoms with E-state index in [1.807, 2.05) is 12.1 Å². The van der Waals surface area contributed by atoms with Crippen LogP contribution in [0.2, 0.25) is 0 Å². The maximum Gasteiger partial charge on any atom is 0.183 e. The number of halogens is 1. The van der Waals surface area contributed by atoms with E-state index in [2.05, 4.69) is 4.90 Å².